The third-order valence-corrected chi connectivity index (χ3v) is 3.05. The summed E-state index contributed by atoms with van der Waals surface area (Å²) < 4.78 is 0. The van der Waals surface area contributed by atoms with Gasteiger partial charge in [0.2, 0.25) is 0 Å². The summed E-state index contributed by atoms with van der Waals surface area (Å²) in [4.78, 5) is 24.8. The Hall–Kier alpha value is -2.73. The third-order valence-electron chi connectivity index (χ3n) is 3.05. The predicted octanol–water partition coefficient (Wildman–Crippen LogP) is 3.28. The molecule has 0 heterocycles. The fourth-order valence-corrected chi connectivity index (χ4v) is 2.00. The molecule has 0 aliphatic heterocycles. The maximum atomic E-state index is 12.4. The molecule has 0 radical (unpaired) electrons. The van der Waals surface area contributed by atoms with Crippen molar-refractivity contribution in [2.24, 2.45) is 5.92 Å². The summed E-state index contributed by atoms with van der Waals surface area (Å²) in [7, 11) is 0. The maximum absolute atomic E-state index is 12.4. The molecule has 2 rings (SSSR count). The minimum atomic E-state index is -0.940. The average molecular weight is 263 g/mol. The van der Waals surface area contributed by atoms with Crippen molar-refractivity contribution in [3.05, 3.63) is 71.8 Å². The summed E-state index contributed by atoms with van der Waals surface area (Å²) in [6, 6.07) is 19.1. The third kappa shape index (κ3) is 2.99. The number of hydrogen-bond donors (Lipinski definition) is 0. The van der Waals surface area contributed by atoms with Gasteiger partial charge >= 0.3 is 0 Å². The molecule has 0 unspecified atom stereocenters. The van der Waals surface area contributed by atoms with Crippen LogP contribution >= 0.6 is 0 Å². The summed E-state index contributed by atoms with van der Waals surface area (Å²) >= 11 is 0. The van der Waals surface area contributed by atoms with Crippen LogP contribution in [0.5, 0.6) is 0 Å². The molecule has 98 valence electrons. The van der Waals surface area contributed by atoms with E-state index in [4.69, 9.17) is 5.26 Å². The van der Waals surface area contributed by atoms with Crippen LogP contribution in [0.2, 0.25) is 0 Å². The molecule has 20 heavy (non-hydrogen) atoms. The second kappa shape index (κ2) is 6.44. The minimum Gasteiger partial charge on any atom is -0.293 e. The first-order valence-corrected chi connectivity index (χ1v) is 6.29. The van der Waals surface area contributed by atoms with Crippen molar-refractivity contribution in [3.8, 4) is 6.07 Å². The fraction of sp³-hybridized carbons (Fsp3) is 0.118. The predicted molar refractivity (Wildman–Crippen MR) is 75.3 cm³/mol. The van der Waals surface area contributed by atoms with Gasteiger partial charge in [-0.1, -0.05) is 60.7 Å². The Kier molecular flexibility index (Phi) is 4.41. The smallest absolute Gasteiger partial charge is 0.174 e. The molecule has 0 bridgehead atoms. The molecule has 3 heteroatoms. The summed E-state index contributed by atoms with van der Waals surface area (Å²) in [5.41, 5.74) is 0.911. The number of hydrogen-bond acceptors (Lipinski definition) is 3. The van der Waals surface area contributed by atoms with E-state index in [-0.39, 0.29) is 18.0 Å². The van der Waals surface area contributed by atoms with Gasteiger partial charge in [0.25, 0.3) is 0 Å². The number of rotatable bonds is 5. The number of carbonyl (C=O) groups is 2. The number of ketones is 2. The molecule has 0 amide bonds. The van der Waals surface area contributed by atoms with Crippen molar-refractivity contribution in [3.63, 3.8) is 0 Å². The van der Waals surface area contributed by atoms with E-state index < -0.39 is 5.92 Å². The topological polar surface area (TPSA) is 57.9 Å². The molecule has 0 aliphatic carbocycles. The first kappa shape index (κ1) is 13.7. The van der Waals surface area contributed by atoms with E-state index in [1.54, 1.807) is 60.7 Å². The van der Waals surface area contributed by atoms with Crippen LogP contribution in [0.15, 0.2) is 60.7 Å². The Morgan fingerprint density at radius 1 is 0.850 bits per heavy atom. The van der Waals surface area contributed by atoms with E-state index in [1.165, 1.54) is 0 Å². The molecule has 0 N–H and O–H groups in total. The second-order valence-electron chi connectivity index (χ2n) is 4.38. The lowest BCUT2D eigenvalue weighted by atomic mass is 9.88. The van der Waals surface area contributed by atoms with Crippen LogP contribution in [-0.2, 0) is 0 Å². The largest absolute Gasteiger partial charge is 0.293 e. The van der Waals surface area contributed by atoms with Gasteiger partial charge in [0.05, 0.1) is 18.4 Å². The molecule has 0 saturated heterocycles. The molecule has 0 fully saturated rings. The van der Waals surface area contributed by atoms with Gasteiger partial charge in [0.15, 0.2) is 11.6 Å². The summed E-state index contributed by atoms with van der Waals surface area (Å²) in [6.45, 7) is 0. The van der Waals surface area contributed by atoms with E-state index in [1.807, 2.05) is 6.07 Å². The van der Waals surface area contributed by atoms with Crippen molar-refractivity contribution in [2.45, 2.75) is 6.42 Å². The number of nitrogens with zero attached hydrogens (tertiary/aromatic N) is 1. The molecule has 0 spiro atoms. The van der Waals surface area contributed by atoms with E-state index in [0.29, 0.717) is 11.1 Å². The standard InChI is InChI=1S/C17H13NO2/c18-12-11-15(16(19)13-7-3-1-4-8-13)17(20)14-9-5-2-6-10-14/h1-10,15H,11H2. The molecule has 0 saturated carbocycles. The molecule has 3 nitrogen and oxygen atoms in total. The fourth-order valence-electron chi connectivity index (χ4n) is 2.00. The van der Waals surface area contributed by atoms with Gasteiger partial charge < -0.3 is 0 Å². The Balaban J connectivity index is 2.31. The zero-order valence-electron chi connectivity index (χ0n) is 10.8. The first-order valence-electron chi connectivity index (χ1n) is 6.29. The molecule has 0 aromatic heterocycles. The van der Waals surface area contributed by atoms with Gasteiger partial charge in [-0.05, 0) is 0 Å². The summed E-state index contributed by atoms with van der Waals surface area (Å²) in [5, 5.41) is 8.87. The highest BCUT2D eigenvalue weighted by atomic mass is 16.1. The van der Waals surface area contributed by atoms with Crippen LogP contribution in [0.25, 0.3) is 0 Å². The van der Waals surface area contributed by atoms with Crippen molar-refractivity contribution in [1.29, 1.82) is 5.26 Å². The zero-order valence-corrected chi connectivity index (χ0v) is 10.8. The van der Waals surface area contributed by atoms with Crippen molar-refractivity contribution >= 4 is 11.6 Å². The second-order valence-corrected chi connectivity index (χ2v) is 4.38. The molecule has 2 aromatic carbocycles. The highest BCUT2D eigenvalue weighted by Crippen LogP contribution is 2.18. The average Bonchev–Trinajstić information content (AvgIpc) is 2.53. The van der Waals surface area contributed by atoms with Gasteiger partial charge in [-0.25, -0.2) is 0 Å². The monoisotopic (exact) mass is 263 g/mol. The molecule has 0 aliphatic rings. The van der Waals surface area contributed by atoms with Crippen molar-refractivity contribution in [2.75, 3.05) is 0 Å². The minimum absolute atomic E-state index is 0.110. The number of carbonyl (C=O) groups excluding carboxylic acids is 2. The first-order chi connectivity index (χ1) is 9.74. The van der Waals surface area contributed by atoms with Crippen molar-refractivity contribution < 1.29 is 9.59 Å². The van der Waals surface area contributed by atoms with Crippen LogP contribution in [-0.4, -0.2) is 11.6 Å². The maximum Gasteiger partial charge on any atom is 0.174 e. The molecular formula is C17H13NO2. The normalized spacial score (nSPS) is 10.0. The molecule has 0 atom stereocenters. The number of nitriles is 1. The Morgan fingerprint density at radius 3 is 1.60 bits per heavy atom. The van der Waals surface area contributed by atoms with Gasteiger partial charge in [0, 0.05) is 11.1 Å². The van der Waals surface area contributed by atoms with E-state index in [2.05, 4.69) is 0 Å². The van der Waals surface area contributed by atoms with E-state index in [0.717, 1.165) is 0 Å². The quantitative estimate of drug-likeness (QED) is 0.614. The van der Waals surface area contributed by atoms with Gasteiger partial charge in [-0.3, -0.25) is 9.59 Å². The summed E-state index contributed by atoms with van der Waals surface area (Å²) in [5.74, 6) is -1.55. The van der Waals surface area contributed by atoms with Crippen LogP contribution < -0.4 is 0 Å². The van der Waals surface area contributed by atoms with Crippen LogP contribution in [0.4, 0.5) is 0 Å². The van der Waals surface area contributed by atoms with Crippen LogP contribution in [0.1, 0.15) is 27.1 Å². The lowest BCUT2D eigenvalue weighted by molar-refractivity contribution is 0.0810. The Labute approximate surface area is 117 Å². The lowest BCUT2D eigenvalue weighted by Gasteiger charge is -2.11. The Bertz CT molecular complexity index is 590. The molecule has 2 aromatic rings. The highest BCUT2D eigenvalue weighted by Gasteiger charge is 2.28. The van der Waals surface area contributed by atoms with Crippen LogP contribution in [0, 0.1) is 17.2 Å². The highest BCUT2D eigenvalue weighted by molar-refractivity contribution is 6.16. The molecular weight excluding hydrogens is 250 g/mol. The van der Waals surface area contributed by atoms with Gasteiger partial charge in [0.1, 0.15) is 0 Å². The summed E-state index contributed by atoms with van der Waals surface area (Å²) in [6.07, 6.45) is -0.110. The van der Waals surface area contributed by atoms with E-state index >= 15 is 0 Å². The van der Waals surface area contributed by atoms with Crippen LogP contribution in [0.3, 0.4) is 0 Å². The number of Topliss-reactive ketones (excluding diaryl/α,β-unsaturated/α-hetero) is 2. The zero-order chi connectivity index (χ0) is 14.4. The number of benzene rings is 2. The van der Waals surface area contributed by atoms with Gasteiger partial charge in [-0.2, -0.15) is 5.26 Å². The SMILES string of the molecule is N#CCC(C(=O)c1ccccc1)C(=O)c1ccccc1. The van der Waals surface area contributed by atoms with Crippen molar-refractivity contribution in [1.82, 2.24) is 0 Å². The Morgan fingerprint density at radius 2 is 1.25 bits per heavy atom. The lowest BCUT2D eigenvalue weighted by Crippen LogP contribution is -2.24. The van der Waals surface area contributed by atoms with Gasteiger partial charge in [-0.15, -0.1) is 0 Å². The van der Waals surface area contributed by atoms with E-state index in [9.17, 15) is 9.59 Å².